The number of nitrogens with one attached hydrogen (secondary N) is 1. The van der Waals surface area contributed by atoms with Crippen molar-refractivity contribution >= 4 is 23.3 Å². The molecule has 1 aromatic heterocycles. The normalized spacial score (nSPS) is 14.4. The van der Waals surface area contributed by atoms with E-state index in [0.29, 0.717) is 10.6 Å². The van der Waals surface area contributed by atoms with Crippen molar-refractivity contribution in [3.8, 4) is 5.75 Å². The molecule has 196 valence electrons. The molecule has 37 heavy (non-hydrogen) atoms. The Morgan fingerprint density at radius 1 is 1.16 bits per heavy atom. The van der Waals surface area contributed by atoms with Crippen LogP contribution in [0.25, 0.3) is 0 Å². The van der Waals surface area contributed by atoms with E-state index in [0.717, 1.165) is 23.8 Å². The number of halogens is 2. The number of carbonyl (C=O) groups is 1. The molecule has 0 unspecified atom stereocenters. The summed E-state index contributed by atoms with van der Waals surface area (Å²) in [6.45, 7) is 2.96. The van der Waals surface area contributed by atoms with Gasteiger partial charge in [0.25, 0.3) is 0 Å². The molecule has 11 heteroatoms. The molecule has 1 aliphatic carbocycles. The average Bonchev–Trinajstić information content (AvgIpc) is 2.83. The van der Waals surface area contributed by atoms with Crippen LogP contribution in [0.5, 0.6) is 5.75 Å². The predicted molar refractivity (Wildman–Crippen MR) is 136 cm³/mol. The highest BCUT2D eigenvalue weighted by molar-refractivity contribution is 6.30. The van der Waals surface area contributed by atoms with Crippen LogP contribution < -0.4 is 21.7 Å². The van der Waals surface area contributed by atoms with Crippen molar-refractivity contribution in [1.82, 2.24) is 14.1 Å². The molecule has 2 aromatic carbocycles. The number of aromatic nitrogens is 3. The maximum atomic E-state index is 14.7. The van der Waals surface area contributed by atoms with Crippen LogP contribution in [-0.4, -0.2) is 33.3 Å². The Labute approximate surface area is 217 Å². The lowest BCUT2D eigenvalue weighted by molar-refractivity contribution is -0.151. The number of methoxy groups -OCH3 is 1. The van der Waals surface area contributed by atoms with Gasteiger partial charge in [-0.05, 0) is 62.9 Å². The number of rotatable bonds is 8. The summed E-state index contributed by atoms with van der Waals surface area (Å²) in [5.74, 6) is -1.03. The van der Waals surface area contributed by atoms with E-state index in [2.05, 4.69) is 9.98 Å². The third-order valence-electron chi connectivity index (χ3n) is 6.22. The number of aromatic amines is 1. The Morgan fingerprint density at radius 3 is 2.46 bits per heavy atom. The Morgan fingerprint density at radius 2 is 1.86 bits per heavy atom. The highest BCUT2D eigenvalue weighted by Crippen LogP contribution is 2.29. The van der Waals surface area contributed by atoms with Gasteiger partial charge in [0, 0.05) is 17.6 Å². The molecule has 0 aliphatic heterocycles. The predicted octanol–water partition coefficient (Wildman–Crippen LogP) is 3.54. The summed E-state index contributed by atoms with van der Waals surface area (Å²) in [6, 6.07) is 11.0. The summed E-state index contributed by atoms with van der Waals surface area (Å²) in [6.07, 6.45) is 2.85. The van der Waals surface area contributed by atoms with Crippen LogP contribution in [-0.2, 0) is 22.6 Å². The van der Waals surface area contributed by atoms with Crippen LogP contribution >= 0.6 is 11.6 Å². The first-order valence-corrected chi connectivity index (χ1v) is 12.2. The van der Waals surface area contributed by atoms with Gasteiger partial charge in [0.1, 0.15) is 0 Å². The van der Waals surface area contributed by atoms with Gasteiger partial charge in [-0.25, -0.2) is 23.5 Å². The molecule has 0 atom stereocenters. The highest BCUT2D eigenvalue weighted by atomic mass is 35.5. The van der Waals surface area contributed by atoms with Crippen LogP contribution in [0.3, 0.4) is 0 Å². The second-order valence-electron chi connectivity index (χ2n) is 9.61. The maximum Gasteiger partial charge on any atom is 0.335 e. The van der Waals surface area contributed by atoms with E-state index >= 15 is 0 Å². The lowest BCUT2D eigenvalue weighted by Gasteiger charge is -2.26. The zero-order chi connectivity index (χ0) is 26.7. The molecule has 0 amide bonds. The van der Waals surface area contributed by atoms with Gasteiger partial charge in [-0.2, -0.15) is 0 Å². The maximum absolute atomic E-state index is 14.7. The van der Waals surface area contributed by atoms with Crippen LogP contribution in [0.2, 0.25) is 5.02 Å². The monoisotopic (exact) mass is 530 g/mol. The van der Waals surface area contributed by atoms with Gasteiger partial charge >= 0.3 is 17.3 Å². The fourth-order valence-electron chi connectivity index (χ4n) is 3.88. The van der Waals surface area contributed by atoms with E-state index in [1.807, 2.05) is 0 Å². The summed E-state index contributed by atoms with van der Waals surface area (Å²) < 4.78 is 27.3. The number of esters is 1. The molecule has 1 aliphatic rings. The molecular weight excluding hydrogens is 503 g/mol. The molecule has 0 radical (unpaired) electrons. The van der Waals surface area contributed by atoms with Crippen LogP contribution in [0.1, 0.15) is 38.7 Å². The fourth-order valence-corrected chi connectivity index (χ4v) is 4.00. The number of carbonyl (C=O) groups excluding carboxylic acids is 1. The van der Waals surface area contributed by atoms with Crippen molar-refractivity contribution < 1.29 is 18.7 Å². The van der Waals surface area contributed by atoms with Gasteiger partial charge in [0.2, 0.25) is 5.62 Å². The van der Waals surface area contributed by atoms with Gasteiger partial charge in [-0.15, -0.1) is 0 Å². The molecule has 1 saturated carbocycles. The Hall–Kier alpha value is -3.66. The summed E-state index contributed by atoms with van der Waals surface area (Å²) in [5, 5.41) is 0.525. The van der Waals surface area contributed by atoms with Crippen molar-refractivity contribution in [2.45, 2.75) is 52.3 Å². The van der Waals surface area contributed by atoms with E-state index in [1.165, 1.54) is 23.8 Å². The lowest BCUT2D eigenvalue weighted by Crippen LogP contribution is -2.52. The van der Waals surface area contributed by atoms with Crippen molar-refractivity contribution in [2.75, 3.05) is 7.11 Å². The second-order valence-corrected chi connectivity index (χ2v) is 10.0. The van der Waals surface area contributed by atoms with Gasteiger partial charge in [0.05, 0.1) is 30.9 Å². The summed E-state index contributed by atoms with van der Waals surface area (Å²) in [5.41, 5.74) is -1.79. The van der Waals surface area contributed by atoms with E-state index in [9.17, 15) is 18.8 Å². The second kappa shape index (κ2) is 10.8. The van der Waals surface area contributed by atoms with Crippen molar-refractivity contribution in [2.24, 2.45) is 10.4 Å². The van der Waals surface area contributed by atoms with E-state index in [1.54, 1.807) is 44.2 Å². The fraction of sp³-hybridized carbons (Fsp3) is 0.385. The van der Waals surface area contributed by atoms with E-state index in [4.69, 9.17) is 21.1 Å². The van der Waals surface area contributed by atoms with Gasteiger partial charge in [-0.1, -0.05) is 23.7 Å². The minimum absolute atomic E-state index is 0.0111. The smallest absolute Gasteiger partial charge is 0.335 e. The third kappa shape index (κ3) is 6.02. The molecule has 4 rings (SSSR count). The van der Waals surface area contributed by atoms with Crippen molar-refractivity contribution in [1.29, 1.82) is 0 Å². The third-order valence-corrected chi connectivity index (χ3v) is 6.47. The summed E-state index contributed by atoms with van der Waals surface area (Å²) in [7, 11) is 1.24. The molecule has 0 saturated heterocycles. The first kappa shape index (κ1) is 26.4. The molecular formula is C26H28ClFN4O5. The van der Waals surface area contributed by atoms with Crippen molar-refractivity contribution in [3.05, 3.63) is 85.5 Å². The molecule has 1 fully saturated rings. The number of benzene rings is 2. The number of nitrogens with zero attached hydrogens (tertiary/aromatic N) is 3. The number of H-pyrrole nitrogens is 1. The average molecular weight is 531 g/mol. The first-order valence-electron chi connectivity index (χ1n) is 11.8. The summed E-state index contributed by atoms with van der Waals surface area (Å²) >= 11 is 5.99. The molecule has 1 heterocycles. The highest BCUT2D eigenvalue weighted by Gasteiger charge is 2.31. The largest absolute Gasteiger partial charge is 0.487 e. The van der Waals surface area contributed by atoms with Crippen molar-refractivity contribution in [3.63, 3.8) is 0 Å². The van der Waals surface area contributed by atoms with Crippen LogP contribution in [0.4, 0.5) is 10.1 Å². The quantitative estimate of drug-likeness (QED) is 0.448. The topological polar surface area (TPSA) is 108 Å². The number of ether oxygens (including phenoxy) is 2. The van der Waals surface area contributed by atoms with Gasteiger partial charge in [0.15, 0.2) is 11.6 Å². The summed E-state index contributed by atoms with van der Waals surface area (Å²) in [4.78, 5) is 45.6. The van der Waals surface area contributed by atoms with Gasteiger partial charge in [-0.3, -0.25) is 14.3 Å². The zero-order valence-corrected chi connectivity index (χ0v) is 21.5. The lowest BCUT2D eigenvalue weighted by atomic mass is 9.94. The molecule has 1 N–H and O–H groups in total. The molecule has 0 spiro atoms. The Bertz CT molecular complexity index is 1490. The minimum Gasteiger partial charge on any atom is -0.487 e. The molecule has 3 aromatic rings. The van der Waals surface area contributed by atoms with Gasteiger partial charge < -0.3 is 9.47 Å². The van der Waals surface area contributed by atoms with Crippen LogP contribution in [0, 0.1) is 11.2 Å². The standard InChI is InChI=1S/C26H28ClFN4O5/c1-26(2,22(33)36-3)15-32-24(34)30-23(31(25(32)35)14-16-7-9-17(27)10-8-16)29-18-11-12-21(20(28)13-18)37-19-5-4-6-19/h7-13,19H,4-6,14-15H2,1-3H3,(H,29,30,34). The Balaban J connectivity index is 1.80. The number of hydrogen-bond acceptors (Lipinski definition) is 6. The molecule has 0 bridgehead atoms. The minimum atomic E-state index is -1.15. The Kier molecular flexibility index (Phi) is 7.68. The SMILES string of the molecule is COC(=O)C(C)(C)Cn1c(=O)[nH]/c(=N\c2ccc(OC3CCC3)c(F)c2)n(Cc2ccc(Cl)cc2)c1=O. The number of hydrogen-bond donors (Lipinski definition) is 1. The van der Waals surface area contributed by atoms with E-state index < -0.39 is 28.6 Å². The molecule has 9 nitrogen and oxygen atoms in total. The van der Waals surface area contributed by atoms with E-state index in [-0.39, 0.29) is 36.2 Å². The van der Waals surface area contributed by atoms with Crippen LogP contribution in [0.15, 0.2) is 57.0 Å². The zero-order valence-electron chi connectivity index (χ0n) is 20.8. The first-order chi connectivity index (χ1) is 17.6.